The zero-order valence-electron chi connectivity index (χ0n) is 14.7. The molecule has 6 heteroatoms. The van der Waals surface area contributed by atoms with Crippen LogP contribution in [0.3, 0.4) is 0 Å². The molecular formula is C19H25FN4S. The standard InChI is InChI=1S/C19H25FN4S/c1-22-18(23-13-16-6-5-15(12-21)11-17(16)20)24-9-10-25-19(14-24)7-3-2-4-8-19/h5-6,11H,2-4,7-10,13-14H2,1H3,(H,22,23). The molecule has 1 aliphatic heterocycles. The van der Waals surface area contributed by atoms with Crippen LogP contribution in [0.25, 0.3) is 0 Å². The summed E-state index contributed by atoms with van der Waals surface area (Å²) >= 11 is 2.12. The number of nitriles is 1. The second kappa shape index (κ2) is 8.09. The van der Waals surface area contributed by atoms with Crippen LogP contribution in [0.1, 0.15) is 43.2 Å². The number of nitrogens with one attached hydrogen (secondary N) is 1. The molecule has 0 bridgehead atoms. The third kappa shape index (κ3) is 4.27. The van der Waals surface area contributed by atoms with Gasteiger partial charge in [0, 0.05) is 42.7 Å². The van der Waals surface area contributed by atoms with Crippen LogP contribution in [-0.2, 0) is 6.54 Å². The van der Waals surface area contributed by atoms with E-state index in [0.717, 1.165) is 24.8 Å². The lowest BCUT2D eigenvalue weighted by atomic mass is 9.87. The third-order valence-corrected chi connectivity index (χ3v) is 6.68. The molecule has 4 nitrogen and oxygen atoms in total. The van der Waals surface area contributed by atoms with Crippen LogP contribution in [0.5, 0.6) is 0 Å². The Balaban J connectivity index is 1.63. The summed E-state index contributed by atoms with van der Waals surface area (Å²) in [6.07, 6.45) is 6.57. The monoisotopic (exact) mass is 360 g/mol. The van der Waals surface area contributed by atoms with E-state index in [9.17, 15) is 4.39 Å². The Labute approximate surface area is 153 Å². The molecule has 1 saturated heterocycles. The minimum Gasteiger partial charge on any atom is -0.352 e. The summed E-state index contributed by atoms with van der Waals surface area (Å²) in [6, 6.07) is 6.57. The van der Waals surface area contributed by atoms with Gasteiger partial charge in [-0.1, -0.05) is 25.3 Å². The molecule has 0 atom stereocenters. The Morgan fingerprint density at radius 2 is 2.20 bits per heavy atom. The lowest BCUT2D eigenvalue weighted by molar-refractivity contribution is 0.293. The van der Waals surface area contributed by atoms with Gasteiger partial charge in [0.2, 0.25) is 0 Å². The van der Waals surface area contributed by atoms with E-state index >= 15 is 0 Å². The van der Waals surface area contributed by atoms with E-state index in [1.54, 1.807) is 19.2 Å². The normalized spacial score (nSPS) is 20.4. The van der Waals surface area contributed by atoms with Crippen molar-refractivity contribution in [1.82, 2.24) is 10.2 Å². The summed E-state index contributed by atoms with van der Waals surface area (Å²) in [4.78, 5) is 6.74. The lowest BCUT2D eigenvalue weighted by Crippen LogP contribution is -2.53. The molecule has 0 amide bonds. The summed E-state index contributed by atoms with van der Waals surface area (Å²) < 4.78 is 14.4. The third-order valence-electron chi connectivity index (χ3n) is 5.14. The first-order chi connectivity index (χ1) is 12.2. The summed E-state index contributed by atoms with van der Waals surface area (Å²) in [5.74, 6) is 1.61. The molecule has 1 aromatic carbocycles. The zero-order chi connectivity index (χ0) is 17.7. The first-order valence-corrected chi connectivity index (χ1v) is 9.92. The topological polar surface area (TPSA) is 51.4 Å². The number of halogens is 1. The van der Waals surface area contributed by atoms with E-state index in [-0.39, 0.29) is 5.82 Å². The highest BCUT2D eigenvalue weighted by Gasteiger charge is 2.38. The van der Waals surface area contributed by atoms with Crippen molar-refractivity contribution >= 4 is 17.7 Å². The van der Waals surface area contributed by atoms with E-state index in [4.69, 9.17) is 5.26 Å². The molecule has 25 heavy (non-hydrogen) atoms. The SMILES string of the molecule is CN=C(NCc1ccc(C#N)cc1F)N1CCSC2(CCCCC2)C1. The van der Waals surface area contributed by atoms with Crippen molar-refractivity contribution in [2.45, 2.75) is 43.4 Å². The molecule has 1 spiro atoms. The van der Waals surface area contributed by atoms with Crippen molar-refractivity contribution in [3.05, 3.63) is 35.1 Å². The van der Waals surface area contributed by atoms with Crippen LogP contribution >= 0.6 is 11.8 Å². The second-order valence-electron chi connectivity index (χ2n) is 6.83. The predicted octanol–water partition coefficient (Wildman–Crippen LogP) is 3.52. The maximum atomic E-state index is 14.1. The number of hydrogen-bond donors (Lipinski definition) is 1. The Hall–Kier alpha value is -1.74. The molecule has 3 rings (SSSR count). The van der Waals surface area contributed by atoms with Crippen molar-refractivity contribution in [3.8, 4) is 6.07 Å². The summed E-state index contributed by atoms with van der Waals surface area (Å²) in [7, 11) is 1.78. The van der Waals surface area contributed by atoms with Crippen molar-refractivity contribution in [2.24, 2.45) is 4.99 Å². The number of aliphatic imine (C=N–C) groups is 1. The van der Waals surface area contributed by atoms with Crippen LogP contribution < -0.4 is 5.32 Å². The maximum absolute atomic E-state index is 14.1. The predicted molar refractivity (Wildman–Crippen MR) is 101 cm³/mol. The highest BCUT2D eigenvalue weighted by atomic mass is 32.2. The molecule has 1 N–H and O–H groups in total. The fourth-order valence-electron chi connectivity index (χ4n) is 3.79. The van der Waals surface area contributed by atoms with Gasteiger partial charge in [0.25, 0.3) is 0 Å². The Morgan fingerprint density at radius 1 is 1.40 bits per heavy atom. The molecule has 134 valence electrons. The smallest absolute Gasteiger partial charge is 0.193 e. The highest BCUT2D eigenvalue weighted by molar-refractivity contribution is 8.00. The van der Waals surface area contributed by atoms with Crippen LogP contribution in [0.4, 0.5) is 4.39 Å². The van der Waals surface area contributed by atoms with Gasteiger partial charge in [-0.2, -0.15) is 17.0 Å². The summed E-state index contributed by atoms with van der Waals surface area (Å²) in [5.41, 5.74) is 0.900. The fourth-order valence-corrected chi connectivity index (χ4v) is 5.36. The Kier molecular flexibility index (Phi) is 5.85. The second-order valence-corrected chi connectivity index (χ2v) is 8.40. The number of thioether (sulfide) groups is 1. The van der Waals surface area contributed by atoms with Gasteiger partial charge in [0.1, 0.15) is 5.82 Å². The molecule has 0 aromatic heterocycles. The van der Waals surface area contributed by atoms with E-state index in [1.165, 1.54) is 38.2 Å². The van der Waals surface area contributed by atoms with Gasteiger partial charge in [0.15, 0.2) is 5.96 Å². The highest BCUT2D eigenvalue weighted by Crippen LogP contribution is 2.42. The van der Waals surface area contributed by atoms with Gasteiger partial charge in [-0.05, 0) is 25.0 Å². The van der Waals surface area contributed by atoms with E-state index in [2.05, 4.69) is 27.0 Å². The number of guanidine groups is 1. The molecule has 1 saturated carbocycles. The molecule has 1 heterocycles. The van der Waals surface area contributed by atoms with Crippen LogP contribution in [0.2, 0.25) is 0 Å². The van der Waals surface area contributed by atoms with Gasteiger partial charge in [-0.15, -0.1) is 0 Å². The molecule has 0 radical (unpaired) electrons. The Morgan fingerprint density at radius 3 is 2.88 bits per heavy atom. The molecule has 2 fully saturated rings. The average Bonchev–Trinajstić information content (AvgIpc) is 2.64. The van der Waals surface area contributed by atoms with Crippen molar-refractivity contribution in [3.63, 3.8) is 0 Å². The molecule has 1 aliphatic carbocycles. The van der Waals surface area contributed by atoms with Gasteiger partial charge in [0.05, 0.1) is 11.6 Å². The molecule has 1 aromatic rings. The quantitative estimate of drug-likeness (QED) is 0.648. The van der Waals surface area contributed by atoms with Crippen molar-refractivity contribution < 1.29 is 4.39 Å². The molecule has 2 aliphatic rings. The van der Waals surface area contributed by atoms with Crippen LogP contribution in [-0.4, -0.2) is 41.5 Å². The van der Waals surface area contributed by atoms with Crippen LogP contribution in [0.15, 0.2) is 23.2 Å². The number of rotatable bonds is 2. The fraction of sp³-hybridized carbons (Fsp3) is 0.579. The summed E-state index contributed by atoms with van der Waals surface area (Å²) in [6.45, 7) is 2.37. The molecule has 0 unspecified atom stereocenters. The number of hydrogen-bond acceptors (Lipinski definition) is 3. The maximum Gasteiger partial charge on any atom is 0.193 e. The van der Waals surface area contributed by atoms with Crippen LogP contribution in [0, 0.1) is 17.1 Å². The van der Waals surface area contributed by atoms with Crippen molar-refractivity contribution in [2.75, 3.05) is 25.9 Å². The van der Waals surface area contributed by atoms with Gasteiger partial charge in [-0.25, -0.2) is 4.39 Å². The minimum atomic E-state index is -0.347. The first kappa shape index (κ1) is 18.1. The first-order valence-electron chi connectivity index (χ1n) is 8.94. The average molecular weight is 361 g/mol. The minimum absolute atomic E-state index is 0.345. The molecular weight excluding hydrogens is 335 g/mol. The number of benzene rings is 1. The lowest BCUT2D eigenvalue weighted by Gasteiger charge is -2.45. The number of nitrogens with zero attached hydrogens (tertiary/aromatic N) is 3. The van der Waals surface area contributed by atoms with Crippen molar-refractivity contribution in [1.29, 1.82) is 5.26 Å². The van der Waals surface area contributed by atoms with Gasteiger partial charge in [-0.3, -0.25) is 4.99 Å². The van der Waals surface area contributed by atoms with Gasteiger partial charge >= 0.3 is 0 Å². The van der Waals surface area contributed by atoms with E-state index in [1.807, 2.05) is 6.07 Å². The largest absolute Gasteiger partial charge is 0.352 e. The Bertz CT molecular complexity index is 671. The summed E-state index contributed by atoms with van der Waals surface area (Å²) in [5, 5.41) is 12.1. The van der Waals surface area contributed by atoms with Gasteiger partial charge < -0.3 is 10.2 Å². The van der Waals surface area contributed by atoms with E-state index in [0.29, 0.717) is 22.4 Å². The van der Waals surface area contributed by atoms with E-state index < -0.39 is 0 Å². The zero-order valence-corrected chi connectivity index (χ0v) is 15.5.